The molecular weight excluding hydrogens is 877 g/mol. The van der Waals surface area contributed by atoms with Gasteiger partial charge in [-0.1, -0.05) is 248 Å². The van der Waals surface area contributed by atoms with E-state index < -0.39 is 6.10 Å². The van der Waals surface area contributed by atoms with Gasteiger partial charge in [-0.25, -0.2) is 0 Å². The van der Waals surface area contributed by atoms with Gasteiger partial charge in [-0.3, -0.25) is 14.4 Å². The fourth-order valence-electron chi connectivity index (χ4n) is 8.54. The number of ether oxygens (including phenoxy) is 3. The molecule has 0 aromatic rings. The van der Waals surface area contributed by atoms with Crippen LogP contribution in [0.5, 0.6) is 0 Å². The molecule has 6 heteroatoms. The van der Waals surface area contributed by atoms with Crippen LogP contribution >= 0.6 is 0 Å². The summed E-state index contributed by atoms with van der Waals surface area (Å²) in [6.07, 6.45) is 76.2. The molecule has 0 N–H and O–H groups in total. The minimum atomic E-state index is -0.784. The van der Waals surface area contributed by atoms with Crippen LogP contribution < -0.4 is 0 Å². The number of hydrogen-bond acceptors (Lipinski definition) is 6. The fourth-order valence-corrected chi connectivity index (χ4v) is 8.54. The SMILES string of the molecule is CCC/C=C\CCCCCCCC(=O)OCC(COC(=O)CCCCCCCCCCCC/C=C\C/C=C\C/C=C\CCCCCCC)OC(=O)CCCCCCCCC/C=C\C/C=C\CCCCCC. The molecule has 0 aromatic heterocycles. The van der Waals surface area contributed by atoms with Crippen molar-refractivity contribution in [3.05, 3.63) is 72.9 Å². The summed E-state index contributed by atoms with van der Waals surface area (Å²) < 4.78 is 16.9. The standard InChI is InChI=1S/C65H114O6/c1-4-7-10-13-16-19-22-24-26-28-30-31-32-33-34-35-36-38-39-41-43-46-49-52-55-58-64(67)70-61-62(60-69-63(66)57-54-51-48-45-21-18-15-12-9-6-3)71-65(68)59-56-53-50-47-44-42-40-37-29-27-25-23-20-17-14-11-8-5-2/h12,15,20,22-24,27-30,32-33,62H,4-11,13-14,16-19,21,25-26,31,34-61H2,1-3H3/b15-12-,23-20-,24-22-,29-27-,30-28-,33-32-. The summed E-state index contributed by atoms with van der Waals surface area (Å²) in [4.78, 5) is 38.1. The Labute approximate surface area is 440 Å². The van der Waals surface area contributed by atoms with Crippen molar-refractivity contribution in [2.45, 2.75) is 309 Å². The molecule has 0 rings (SSSR count). The van der Waals surface area contributed by atoms with Crippen LogP contribution in [0.4, 0.5) is 0 Å². The Bertz CT molecular complexity index is 1320. The molecule has 0 fully saturated rings. The van der Waals surface area contributed by atoms with Crippen molar-refractivity contribution in [3.63, 3.8) is 0 Å². The quantitative estimate of drug-likeness (QED) is 0.0261. The van der Waals surface area contributed by atoms with Gasteiger partial charge in [0, 0.05) is 19.3 Å². The fraction of sp³-hybridized carbons (Fsp3) is 0.769. The van der Waals surface area contributed by atoms with Crippen molar-refractivity contribution in [1.29, 1.82) is 0 Å². The maximum Gasteiger partial charge on any atom is 0.306 e. The molecule has 0 bridgehead atoms. The molecule has 0 aliphatic carbocycles. The molecule has 0 aliphatic heterocycles. The number of esters is 3. The third-order valence-electron chi connectivity index (χ3n) is 13.1. The summed E-state index contributed by atoms with van der Waals surface area (Å²) in [6.45, 7) is 6.55. The first kappa shape index (κ1) is 67.8. The predicted octanol–water partition coefficient (Wildman–Crippen LogP) is 20.5. The smallest absolute Gasteiger partial charge is 0.306 e. The number of allylic oxidation sites excluding steroid dienone is 12. The molecule has 0 heterocycles. The largest absolute Gasteiger partial charge is 0.462 e. The van der Waals surface area contributed by atoms with E-state index in [9.17, 15) is 14.4 Å². The summed E-state index contributed by atoms with van der Waals surface area (Å²) in [5.41, 5.74) is 0. The van der Waals surface area contributed by atoms with E-state index in [0.717, 1.165) is 96.3 Å². The highest BCUT2D eigenvalue weighted by atomic mass is 16.6. The van der Waals surface area contributed by atoms with Crippen molar-refractivity contribution in [2.75, 3.05) is 13.2 Å². The lowest BCUT2D eigenvalue weighted by Crippen LogP contribution is -2.30. The molecule has 410 valence electrons. The van der Waals surface area contributed by atoms with Crippen LogP contribution in [0.3, 0.4) is 0 Å². The maximum absolute atomic E-state index is 12.9. The van der Waals surface area contributed by atoms with E-state index in [4.69, 9.17) is 14.2 Å². The lowest BCUT2D eigenvalue weighted by molar-refractivity contribution is -0.167. The summed E-state index contributed by atoms with van der Waals surface area (Å²) >= 11 is 0. The second-order valence-corrected chi connectivity index (χ2v) is 20.2. The van der Waals surface area contributed by atoms with E-state index >= 15 is 0 Å². The van der Waals surface area contributed by atoms with Crippen LogP contribution in [0.1, 0.15) is 303 Å². The van der Waals surface area contributed by atoms with Crippen molar-refractivity contribution >= 4 is 17.9 Å². The molecule has 1 unspecified atom stereocenters. The van der Waals surface area contributed by atoms with E-state index in [1.54, 1.807) is 0 Å². The minimum Gasteiger partial charge on any atom is -0.462 e. The Morgan fingerprint density at radius 3 is 0.873 bits per heavy atom. The number of carbonyl (C=O) groups is 3. The van der Waals surface area contributed by atoms with Gasteiger partial charge in [0.2, 0.25) is 0 Å². The second kappa shape index (κ2) is 59.4. The highest BCUT2D eigenvalue weighted by Gasteiger charge is 2.19. The first-order chi connectivity index (χ1) is 35.0. The van der Waals surface area contributed by atoms with Crippen molar-refractivity contribution in [2.24, 2.45) is 0 Å². The van der Waals surface area contributed by atoms with Gasteiger partial charge in [0.05, 0.1) is 0 Å². The highest BCUT2D eigenvalue weighted by Crippen LogP contribution is 2.15. The van der Waals surface area contributed by atoms with Crippen LogP contribution in [0.15, 0.2) is 72.9 Å². The molecule has 0 saturated heterocycles. The summed E-state index contributed by atoms with van der Waals surface area (Å²) in [5, 5.41) is 0. The number of unbranched alkanes of at least 4 members (excludes halogenated alkanes) is 32. The number of carbonyl (C=O) groups excluding carboxylic acids is 3. The van der Waals surface area contributed by atoms with Gasteiger partial charge in [-0.2, -0.15) is 0 Å². The molecule has 0 aromatic carbocycles. The molecule has 1 atom stereocenters. The normalized spacial score (nSPS) is 12.5. The highest BCUT2D eigenvalue weighted by molar-refractivity contribution is 5.71. The molecule has 0 radical (unpaired) electrons. The summed E-state index contributed by atoms with van der Waals surface area (Å²) in [6, 6.07) is 0. The first-order valence-electron chi connectivity index (χ1n) is 30.4. The number of rotatable bonds is 55. The lowest BCUT2D eigenvalue weighted by Gasteiger charge is -2.18. The Kier molecular flexibility index (Phi) is 56.8. The van der Waals surface area contributed by atoms with Crippen LogP contribution in [-0.4, -0.2) is 37.2 Å². The van der Waals surface area contributed by atoms with E-state index in [-0.39, 0.29) is 31.1 Å². The van der Waals surface area contributed by atoms with Crippen molar-refractivity contribution < 1.29 is 28.6 Å². The van der Waals surface area contributed by atoms with Gasteiger partial charge < -0.3 is 14.2 Å². The van der Waals surface area contributed by atoms with Gasteiger partial charge in [-0.05, 0) is 109 Å². The van der Waals surface area contributed by atoms with Crippen LogP contribution in [0, 0.1) is 0 Å². The molecule has 0 aliphatic rings. The van der Waals surface area contributed by atoms with Crippen molar-refractivity contribution in [1.82, 2.24) is 0 Å². The molecule has 6 nitrogen and oxygen atoms in total. The lowest BCUT2D eigenvalue weighted by atomic mass is 10.1. The zero-order valence-electron chi connectivity index (χ0n) is 47.0. The molecule has 0 amide bonds. The average molecular weight is 992 g/mol. The minimum absolute atomic E-state index is 0.0827. The van der Waals surface area contributed by atoms with E-state index in [0.29, 0.717) is 19.3 Å². The van der Waals surface area contributed by atoms with Gasteiger partial charge in [0.25, 0.3) is 0 Å². The monoisotopic (exact) mass is 991 g/mol. The zero-order valence-corrected chi connectivity index (χ0v) is 47.0. The van der Waals surface area contributed by atoms with Crippen LogP contribution in [-0.2, 0) is 28.6 Å². The van der Waals surface area contributed by atoms with Gasteiger partial charge >= 0.3 is 17.9 Å². The first-order valence-corrected chi connectivity index (χ1v) is 30.4. The van der Waals surface area contributed by atoms with E-state index in [2.05, 4.69) is 93.7 Å². The third-order valence-corrected chi connectivity index (χ3v) is 13.1. The van der Waals surface area contributed by atoms with Crippen LogP contribution in [0.25, 0.3) is 0 Å². The second-order valence-electron chi connectivity index (χ2n) is 20.2. The van der Waals surface area contributed by atoms with E-state index in [1.807, 2.05) is 0 Å². The molecule has 0 spiro atoms. The zero-order chi connectivity index (χ0) is 51.4. The van der Waals surface area contributed by atoms with Gasteiger partial charge in [0.15, 0.2) is 6.10 Å². The van der Waals surface area contributed by atoms with Crippen LogP contribution in [0.2, 0.25) is 0 Å². The van der Waals surface area contributed by atoms with Gasteiger partial charge in [-0.15, -0.1) is 0 Å². The molecular formula is C65H114O6. The predicted molar refractivity (Wildman–Crippen MR) is 307 cm³/mol. The van der Waals surface area contributed by atoms with Crippen molar-refractivity contribution in [3.8, 4) is 0 Å². The Morgan fingerprint density at radius 1 is 0.282 bits per heavy atom. The molecule has 71 heavy (non-hydrogen) atoms. The Balaban J connectivity index is 4.27. The maximum atomic E-state index is 12.9. The van der Waals surface area contributed by atoms with E-state index in [1.165, 1.54) is 167 Å². The van der Waals surface area contributed by atoms with Gasteiger partial charge in [0.1, 0.15) is 13.2 Å². The average Bonchev–Trinajstić information content (AvgIpc) is 3.37. The third kappa shape index (κ3) is 57.6. The topological polar surface area (TPSA) is 78.9 Å². The molecule has 0 saturated carbocycles. The summed E-state index contributed by atoms with van der Waals surface area (Å²) in [7, 11) is 0. The Morgan fingerprint density at radius 2 is 0.535 bits per heavy atom. The Hall–Kier alpha value is -3.15. The summed E-state index contributed by atoms with van der Waals surface area (Å²) in [5.74, 6) is -0.896. The number of hydrogen-bond donors (Lipinski definition) is 0.